The lowest BCUT2D eigenvalue weighted by molar-refractivity contribution is -0.115. The minimum absolute atomic E-state index is 0.0664. The third-order valence-corrected chi connectivity index (χ3v) is 6.97. The van der Waals surface area contributed by atoms with Gasteiger partial charge in [-0.15, -0.1) is 11.8 Å². The largest absolute Gasteiger partial charge is 0.494 e. The number of hydrogen-bond acceptors (Lipinski definition) is 4. The maximum absolute atomic E-state index is 12.8. The van der Waals surface area contributed by atoms with E-state index in [1.165, 1.54) is 5.56 Å². The molecule has 0 spiro atoms. The molecule has 0 aliphatic carbocycles. The molecular formula is C28H30N2O3S. The van der Waals surface area contributed by atoms with E-state index >= 15 is 0 Å². The number of ether oxygens (including phenoxy) is 1. The monoisotopic (exact) mass is 474 g/mol. The van der Waals surface area contributed by atoms with Crippen molar-refractivity contribution in [2.75, 3.05) is 22.6 Å². The lowest BCUT2D eigenvalue weighted by Crippen LogP contribution is -2.27. The van der Waals surface area contributed by atoms with Gasteiger partial charge in [-0.1, -0.05) is 37.6 Å². The van der Waals surface area contributed by atoms with Crippen molar-refractivity contribution in [2.45, 2.75) is 38.5 Å². The molecule has 2 amide bonds. The number of anilines is 2. The summed E-state index contributed by atoms with van der Waals surface area (Å²) in [5.41, 5.74) is 4.40. The first kappa shape index (κ1) is 23.9. The number of rotatable bonds is 9. The van der Waals surface area contributed by atoms with Crippen LogP contribution in [-0.4, -0.2) is 24.2 Å². The third kappa shape index (κ3) is 5.62. The van der Waals surface area contributed by atoms with Gasteiger partial charge >= 0.3 is 0 Å². The van der Waals surface area contributed by atoms with Gasteiger partial charge in [0.25, 0.3) is 5.91 Å². The number of unbranched alkanes of at least 4 members (excludes halogenated alkanes) is 1. The molecule has 34 heavy (non-hydrogen) atoms. The van der Waals surface area contributed by atoms with Crippen LogP contribution in [0.2, 0.25) is 0 Å². The summed E-state index contributed by atoms with van der Waals surface area (Å²) in [5, 5.41) is 2.85. The van der Waals surface area contributed by atoms with Crippen molar-refractivity contribution in [2.24, 2.45) is 0 Å². The average Bonchev–Trinajstić information content (AvgIpc) is 3.25. The lowest BCUT2D eigenvalue weighted by Gasteiger charge is -2.25. The second-order valence-corrected chi connectivity index (χ2v) is 9.30. The molecule has 3 aromatic carbocycles. The van der Waals surface area contributed by atoms with Crippen LogP contribution < -0.4 is 15.0 Å². The minimum atomic E-state index is -0.153. The predicted molar refractivity (Wildman–Crippen MR) is 140 cm³/mol. The van der Waals surface area contributed by atoms with Crippen LogP contribution in [0.4, 0.5) is 11.4 Å². The van der Waals surface area contributed by atoms with Gasteiger partial charge in [0, 0.05) is 16.9 Å². The first-order valence-electron chi connectivity index (χ1n) is 11.8. The Labute approximate surface area is 205 Å². The van der Waals surface area contributed by atoms with Crippen LogP contribution in [0.1, 0.15) is 53.5 Å². The summed E-state index contributed by atoms with van der Waals surface area (Å²) in [6, 6.07) is 23.1. The summed E-state index contributed by atoms with van der Waals surface area (Å²) < 4.78 is 5.53. The molecule has 1 aliphatic heterocycles. The van der Waals surface area contributed by atoms with Crippen LogP contribution in [-0.2, 0) is 11.2 Å². The molecule has 1 fully saturated rings. The number of carbonyl (C=O) groups excluding carboxylic acids is 2. The van der Waals surface area contributed by atoms with Crippen molar-refractivity contribution < 1.29 is 14.3 Å². The van der Waals surface area contributed by atoms with E-state index < -0.39 is 0 Å². The van der Waals surface area contributed by atoms with Gasteiger partial charge in [0.15, 0.2) is 0 Å². The summed E-state index contributed by atoms with van der Waals surface area (Å²) in [6.45, 7) is 4.72. The molecule has 1 N–H and O–H groups in total. The SMILES string of the molecule is CCCCc1ccc(C(=O)Nc2cccc(C3SCC(=O)N3c3ccc(OCC)cc3)c2)cc1. The normalized spacial score (nSPS) is 15.4. The standard InChI is InChI=1S/C28H30N2O3S/c1-3-5-7-20-10-12-21(13-11-20)27(32)29-23-9-6-8-22(18-23)28-30(26(31)19-34-28)24-14-16-25(17-15-24)33-4-2/h6,8-18,28H,3-5,7,19H2,1-2H3,(H,29,32). The van der Waals surface area contributed by atoms with Gasteiger partial charge in [0.05, 0.1) is 12.4 Å². The topological polar surface area (TPSA) is 58.6 Å². The van der Waals surface area contributed by atoms with Crippen LogP contribution in [0, 0.1) is 0 Å². The Morgan fingerprint density at radius 3 is 2.53 bits per heavy atom. The second kappa shape index (κ2) is 11.3. The Morgan fingerprint density at radius 1 is 1.06 bits per heavy atom. The fourth-order valence-corrected chi connectivity index (χ4v) is 5.16. The molecule has 1 saturated heterocycles. The molecule has 176 valence electrons. The van der Waals surface area contributed by atoms with Gasteiger partial charge < -0.3 is 10.1 Å². The smallest absolute Gasteiger partial charge is 0.255 e. The number of aryl methyl sites for hydroxylation is 1. The van der Waals surface area contributed by atoms with Crippen LogP contribution in [0.3, 0.4) is 0 Å². The second-order valence-electron chi connectivity index (χ2n) is 8.23. The third-order valence-electron chi connectivity index (χ3n) is 5.76. The summed E-state index contributed by atoms with van der Waals surface area (Å²) >= 11 is 1.59. The maximum atomic E-state index is 12.8. The first-order chi connectivity index (χ1) is 16.6. The molecule has 1 atom stereocenters. The van der Waals surface area contributed by atoms with E-state index in [2.05, 4.69) is 12.2 Å². The van der Waals surface area contributed by atoms with E-state index in [-0.39, 0.29) is 17.2 Å². The molecule has 1 unspecified atom stereocenters. The molecule has 1 aliphatic rings. The Balaban J connectivity index is 1.48. The highest BCUT2D eigenvalue weighted by Gasteiger charge is 2.34. The molecule has 1 heterocycles. The average molecular weight is 475 g/mol. The van der Waals surface area contributed by atoms with Crippen molar-refractivity contribution in [3.63, 3.8) is 0 Å². The zero-order chi connectivity index (χ0) is 23.9. The summed E-state index contributed by atoms with van der Waals surface area (Å²) in [7, 11) is 0. The predicted octanol–water partition coefficient (Wildman–Crippen LogP) is 6.46. The molecule has 0 aromatic heterocycles. The van der Waals surface area contributed by atoms with Gasteiger partial charge in [0.2, 0.25) is 5.91 Å². The quantitative estimate of drug-likeness (QED) is 0.387. The maximum Gasteiger partial charge on any atom is 0.255 e. The number of nitrogens with one attached hydrogen (secondary N) is 1. The number of hydrogen-bond donors (Lipinski definition) is 1. The van der Waals surface area contributed by atoms with Gasteiger partial charge in [-0.25, -0.2) is 0 Å². The van der Waals surface area contributed by atoms with E-state index in [4.69, 9.17) is 4.74 Å². The number of amides is 2. The van der Waals surface area contributed by atoms with Gasteiger partial charge in [-0.3, -0.25) is 14.5 Å². The first-order valence-corrected chi connectivity index (χ1v) is 12.8. The molecule has 3 aromatic rings. The number of benzene rings is 3. The molecule has 4 rings (SSSR count). The van der Waals surface area contributed by atoms with E-state index in [0.717, 1.165) is 36.3 Å². The van der Waals surface area contributed by atoms with Crippen molar-refractivity contribution in [1.82, 2.24) is 0 Å². The molecule has 5 nitrogen and oxygen atoms in total. The molecule has 6 heteroatoms. The van der Waals surface area contributed by atoms with E-state index in [9.17, 15) is 9.59 Å². The van der Waals surface area contributed by atoms with Gasteiger partial charge in [-0.05, 0) is 79.4 Å². The van der Waals surface area contributed by atoms with Crippen molar-refractivity contribution in [3.8, 4) is 5.75 Å². The highest BCUT2D eigenvalue weighted by atomic mass is 32.2. The van der Waals surface area contributed by atoms with Gasteiger partial charge in [-0.2, -0.15) is 0 Å². The molecule has 0 radical (unpaired) electrons. The zero-order valence-corrected chi connectivity index (χ0v) is 20.4. The van der Waals surface area contributed by atoms with Crippen molar-refractivity contribution in [3.05, 3.63) is 89.5 Å². The van der Waals surface area contributed by atoms with Crippen LogP contribution in [0.5, 0.6) is 5.75 Å². The Morgan fingerprint density at radius 2 is 1.82 bits per heavy atom. The molecular weight excluding hydrogens is 444 g/mol. The van der Waals surface area contributed by atoms with Crippen molar-refractivity contribution >= 4 is 35.0 Å². The lowest BCUT2D eigenvalue weighted by atomic mass is 10.1. The fraction of sp³-hybridized carbons (Fsp3) is 0.286. The highest BCUT2D eigenvalue weighted by Crippen LogP contribution is 2.42. The van der Waals surface area contributed by atoms with Crippen LogP contribution in [0.15, 0.2) is 72.8 Å². The fourth-order valence-electron chi connectivity index (χ4n) is 4.00. The van der Waals surface area contributed by atoms with Crippen molar-refractivity contribution in [1.29, 1.82) is 0 Å². The summed E-state index contributed by atoms with van der Waals surface area (Å²) in [5.74, 6) is 1.12. The summed E-state index contributed by atoms with van der Waals surface area (Å²) in [6.07, 6.45) is 3.33. The zero-order valence-electron chi connectivity index (χ0n) is 19.6. The Bertz CT molecular complexity index is 1130. The molecule has 0 bridgehead atoms. The minimum Gasteiger partial charge on any atom is -0.494 e. The number of carbonyl (C=O) groups is 2. The highest BCUT2D eigenvalue weighted by molar-refractivity contribution is 8.00. The van der Waals surface area contributed by atoms with Gasteiger partial charge in [0.1, 0.15) is 11.1 Å². The Kier molecular flexibility index (Phi) is 7.91. The van der Waals surface area contributed by atoms with E-state index in [1.807, 2.05) is 84.6 Å². The van der Waals surface area contributed by atoms with Crippen LogP contribution in [0.25, 0.3) is 0 Å². The van der Waals surface area contributed by atoms with E-state index in [1.54, 1.807) is 11.8 Å². The number of nitrogens with zero attached hydrogens (tertiary/aromatic N) is 1. The summed E-state index contributed by atoms with van der Waals surface area (Å²) in [4.78, 5) is 27.3. The van der Waals surface area contributed by atoms with Crippen LogP contribution >= 0.6 is 11.8 Å². The van der Waals surface area contributed by atoms with E-state index in [0.29, 0.717) is 23.6 Å². The molecule has 0 saturated carbocycles. The Hall–Kier alpha value is -3.25. The number of thioether (sulfide) groups is 1.